The van der Waals surface area contributed by atoms with E-state index in [1.54, 1.807) is 0 Å². The predicted molar refractivity (Wildman–Crippen MR) is 108 cm³/mol. The Balaban J connectivity index is 1.89. The molecule has 26 heavy (non-hydrogen) atoms. The van der Waals surface area contributed by atoms with Gasteiger partial charge in [-0.3, -0.25) is 0 Å². The van der Waals surface area contributed by atoms with E-state index in [9.17, 15) is 5.26 Å². The minimum absolute atomic E-state index is 0.288. The smallest absolute Gasteiger partial charge is 0.0991 e. The van der Waals surface area contributed by atoms with Gasteiger partial charge in [0.25, 0.3) is 0 Å². The molecule has 3 nitrogen and oxygen atoms in total. The number of hydrogen-bond donors (Lipinski definition) is 1. The number of fused-ring (bicyclic) bond motifs is 1. The third-order valence-corrected chi connectivity index (χ3v) is 5.08. The van der Waals surface area contributed by atoms with Crippen LogP contribution in [0.4, 0.5) is 5.69 Å². The molecule has 1 atom stereocenters. The highest BCUT2D eigenvalue weighted by Crippen LogP contribution is 2.36. The van der Waals surface area contributed by atoms with Gasteiger partial charge in [0.05, 0.1) is 17.7 Å². The molecule has 0 radical (unpaired) electrons. The summed E-state index contributed by atoms with van der Waals surface area (Å²) in [6, 6.07) is 16.4. The number of allylic oxidation sites excluding steroid dienone is 4. The zero-order valence-corrected chi connectivity index (χ0v) is 14.8. The molecule has 3 heteroatoms. The van der Waals surface area contributed by atoms with Crippen LogP contribution in [0.5, 0.6) is 0 Å². The Labute approximate surface area is 153 Å². The van der Waals surface area contributed by atoms with Crippen LogP contribution >= 0.6 is 0 Å². The molecular formula is C23H21N3. The molecule has 0 spiro atoms. The molecule has 0 saturated heterocycles. The molecule has 0 aliphatic heterocycles. The first-order chi connectivity index (χ1) is 12.7. The van der Waals surface area contributed by atoms with Gasteiger partial charge >= 0.3 is 0 Å². The predicted octanol–water partition coefficient (Wildman–Crippen LogP) is 5.60. The minimum atomic E-state index is 0.288. The Morgan fingerprint density at radius 1 is 1.23 bits per heavy atom. The van der Waals surface area contributed by atoms with E-state index in [4.69, 9.17) is 5.73 Å². The van der Waals surface area contributed by atoms with Crippen LogP contribution in [0.25, 0.3) is 22.0 Å². The molecule has 1 aliphatic rings. The Morgan fingerprint density at radius 2 is 2.12 bits per heavy atom. The van der Waals surface area contributed by atoms with Gasteiger partial charge < -0.3 is 10.3 Å². The molecule has 1 heterocycles. The van der Waals surface area contributed by atoms with Crippen molar-refractivity contribution in [1.82, 2.24) is 4.57 Å². The van der Waals surface area contributed by atoms with Gasteiger partial charge in [0.1, 0.15) is 0 Å². The maximum absolute atomic E-state index is 9.32. The van der Waals surface area contributed by atoms with E-state index in [1.165, 1.54) is 5.57 Å². The molecule has 3 aromatic rings. The largest absolute Gasteiger partial charge is 0.399 e. The summed E-state index contributed by atoms with van der Waals surface area (Å²) in [7, 11) is 0. The van der Waals surface area contributed by atoms with E-state index in [2.05, 4.69) is 54.1 Å². The van der Waals surface area contributed by atoms with E-state index in [1.807, 2.05) is 30.3 Å². The van der Waals surface area contributed by atoms with Crippen LogP contribution in [0.2, 0.25) is 0 Å². The summed E-state index contributed by atoms with van der Waals surface area (Å²) in [5.41, 5.74) is 12.1. The van der Waals surface area contributed by atoms with Gasteiger partial charge in [0.15, 0.2) is 0 Å². The molecule has 128 valence electrons. The molecule has 1 aliphatic carbocycles. The standard InChI is InChI=1S/C23H21N3/c1-2-16-6-9-20(10-7-16)26-15-22(18-4-3-5-19(25)13-18)21-12-17(14-24)8-11-23(21)26/h3-9,11-13,15,20H,2,10,25H2,1H3. The first kappa shape index (κ1) is 16.2. The lowest BCUT2D eigenvalue weighted by Crippen LogP contribution is -2.06. The van der Waals surface area contributed by atoms with E-state index < -0.39 is 0 Å². The number of aromatic nitrogens is 1. The summed E-state index contributed by atoms with van der Waals surface area (Å²) in [5, 5.41) is 10.4. The summed E-state index contributed by atoms with van der Waals surface area (Å²) in [5.74, 6) is 0. The van der Waals surface area contributed by atoms with Crippen LogP contribution in [-0.4, -0.2) is 4.57 Å². The fourth-order valence-corrected chi connectivity index (χ4v) is 3.66. The van der Waals surface area contributed by atoms with Crippen molar-refractivity contribution in [2.24, 2.45) is 0 Å². The van der Waals surface area contributed by atoms with Crippen molar-refractivity contribution in [3.63, 3.8) is 0 Å². The summed E-state index contributed by atoms with van der Waals surface area (Å²) in [4.78, 5) is 0. The Morgan fingerprint density at radius 3 is 2.81 bits per heavy atom. The first-order valence-corrected chi connectivity index (χ1v) is 8.97. The quantitative estimate of drug-likeness (QED) is 0.631. The summed E-state index contributed by atoms with van der Waals surface area (Å²) in [6.07, 6.45) is 11.1. The molecule has 2 N–H and O–H groups in total. The second-order valence-corrected chi connectivity index (χ2v) is 6.71. The Hall–Kier alpha value is -3.25. The molecule has 1 aromatic heterocycles. The van der Waals surface area contributed by atoms with E-state index >= 15 is 0 Å². The topological polar surface area (TPSA) is 54.7 Å². The lowest BCUT2D eigenvalue weighted by molar-refractivity contribution is 0.625. The highest BCUT2D eigenvalue weighted by molar-refractivity contribution is 5.97. The summed E-state index contributed by atoms with van der Waals surface area (Å²) < 4.78 is 2.31. The van der Waals surface area contributed by atoms with E-state index in [-0.39, 0.29) is 6.04 Å². The fraction of sp³-hybridized carbons (Fsp3) is 0.174. The van der Waals surface area contributed by atoms with Gasteiger partial charge in [0.2, 0.25) is 0 Å². The zero-order valence-electron chi connectivity index (χ0n) is 14.8. The van der Waals surface area contributed by atoms with Crippen molar-refractivity contribution in [3.05, 3.63) is 78.0 Å². The van der Waals surface area contributed by atoms with Crippen LogP contribution in [0.1, 0.15) is 31.4 Å². The average Bonchev–Trinajstić information content (AvgIpc) is 3.06. The summed E-state index contributed by atoms with van der Waals surface area (Å²) >= 11 is 0. The molecule has 0 amide bonds. The maximum Gasteiger partial charge on any atom is 0.0991 e. The van der Waals surface area contributed by atoms with Crippen molar-refractivity contribution in [2.45, 2.75) is 25.8 Å². The van der Waals surface area contributed by atoms with E-state index in [0.717, 1.165) is 40.6 Å². The average molecular weight is 339 g/mol. The fourth-order valence-electron chi connectivity index (χ4n) is 3.66. The molecule has 4 rings (SSSR count). The molecule has 0 saturated carbocycles. The third-order valence-electron chi connectivity index (χ3n) is 5.08. The molecule has 2 aromatic carbocycles. The molecule has 0 fully saturated rings. The lowest BCUT2D eigenvalue weighted by Gasteiger charge is -2.19. The molecule has 1 unspecified atom stereocenters. The van der Waals surface area contributed by atoms with Gasteiger partial charge in [-0.25, -0.2) is 0 Å². The zero-order chi connectivity index (χ0) is 18.1. The Bertz CT molecular complexity index is 1080. The number of hydrogen-bond acceptors (Lipinski definition) is 2. The van der Waals surface area contributed by atoms with Crippen LogP contribution in [0.3, 0.4) is 0 Å². The highest BCUT2D eigenvalue weighted by atomic mass is 15.0. The first-order valence-electron chi connectivity index (χ1n) is 8.97. The second kappa shape index (κ2) is 6.57. The van der Waals surface area contributed by atoms with Gasteiger partial charge in [-0.15, -0.1) is 0 Å². The van der Waals surface area contributed by atoms with Crippen molar-refractivity contribution >= 4 is 16.6 Å². The van der Waals surface area contributed by atoms with E-state index in [0.29, 0.717) is 5.56 Å². The van der Waals surface area contributed by atoms with Crippen LogP contribution in [0, 0.1) is 11.3 Å². The number of rotatable bonds is 3. The second-order valence-electron chi connectivity index (χ2n) is 6.71. The van der Waals surface area contributed by atoms with Crippen LogP contribution < -0.4 is 5.73 Å². The Kier molecular flexibility index (Phi) is 4.10. The number of nitrogen functional groups attached to an aromatic ring is 1. The van der Waals surface area contributed by atoms with Crippen molar-refractivity contribution in [3.8, 4) is 17.2 Å². The van der Waals surface area contributed by atoms with Crippen LogP contribution in [0.15, 0.2) is 72.5 Å². The van der Waals surface area contributed by atoms with Gasteiger partial charge in [0, 0.05) is 28.4 Å². The number of nitrogens with two attached hydrogens (primary N) is 1. The molecular weight excluding hydrogens is 318 g/mol. The highest BCUT2D eigenvalue weighted by Gasteiger charge is 2.17. The number of anilines is 1. The third kappa shape index (κ3) is 2.80. The van der Waals surface area contributed by atoms with Crippen molar-refractivity contribution in [1.29, 1.82) is 5.26 Å². The van der Waals surface area contributed by atoms with Crippen molar-refractivity contribution in [2.75, 3.05) is 5.73 Å². The molecule has 0 bridgehead atoms. The lowest BCUT2D eigenvalue weighted by atomic mass is 10.0. The monoisotopic (exact) mass is 339 g/mol. The maximum atomic E-state index is 9.32. The number of benzene rings is 2. The summed E-state index contributed by atoms with van der Waals surface area (Å²) in [6.45, 7) is 2.18. The SMILES string of the molecule is CCC1=CCC(n2cc(-c3cccc(N)c3)c3cc(C#N)ccc32)C=C1. The van der Waals surface area contributed by atoms with Gasteiger partial charge in [-0.05, 0) is 48.7 Å². The minimum Gasteiger partial charge on any atom is -0.399 e. The van der Waals surface area contributed by atoms with Gasteiger partial charge in [-0.1, -0.05) is 42.9 Å². The van der Waals surface area contributed by atoms with Crippen LogP contribution in [-0.2, 0) is 0 Å². The van der Waals surface area contributed by atoms with Gasteiger partial charge in [-0.2, -0.15) is 5.26 Å². The number of nitrogens with zero attached hydrogens (tertiary/aromatic N) is 2. The normalized spacial score (nSPS) is 16.5. The number of nitriles is 1. The van der Waals surface area contributed by atoms with Crippen molar-refractivity contribution < 1.29 is 0 Å².